The van der Waals surface area contributed by atoms with E-state index in [9.17, 15) is 4.79 Å². The molecule has 1 atom stereocenters. The Morgan fingerprint density at radius 3 is 2.45 bits per heavy atom. The van der Waals surface area contributed by atoms with Gasteiger partial charge in [-0.3, -0.25) is 9.36 Å². The van der Waals surface area contributed by atoms with Gasteiger partial charge in [0, 0.05) is 26.1 Å². The van der Waals surface area contributed by atoms with E-state index in [4.69, 9.17) is 14.2 Å². The van der Waals surface area contributed by atoms with Crippen molar-refractivity contribution in [2.75, 3.05) is 6.61 Å². The summed E-state index contributed by atoms with van der Waals surface area (Å²) in [5.74, 6) is 0.601. The zero-order valence-corrected chi connectivity index (χ0v) is 17.4. The van der Waals surface area contributed by atoms with Crippen molar-refractivity contribution in [3.8, 4) is 11.9 Å². The van der Waals surface area contributed by atoms with Gasteiger partial charge in [-0.15, -0.1) is 0 Å². The summed E-state index contributed by atoms with van der Waals surface area (Å²) in [7, 11) is 1.92. The summed E-state index contributed by atoms with van der Waals surface area (Å²) in [6.07, 6.45) is 6.63. The van der Waals surface area contributed by atoms with Crippen molar-refractivity contribution in [2.45, 2.75) is 76.7 Å². The van der Waals surface area contributed by atoms with Crippen LogP contribution in [0.1, 0.15) is 52.4 Å². The van der Waals surface area contributed by atoms with Gasteiger partial charge in [0.1, 0.15) is 17.7 Å². The SMILES string of the molecule is CC(=O)N[C@@H](C)COC1CCC(Oc2ccc3nc(OC4CC4)n(C)c3n2)CC1. The van der Waals surface area contributed by atoms with Gasteiger partial charge in [0.2, 0.25) is 11.8 Å². The molecule has 1 N–H and O–H groups in total. The monoisotopic (exact) mass is 402 g/mol. The fourth-order valence-corrected chi connectivity index (χ4v) is 3.69. The van der Waals surface area contributed by atoms with Crippen molar-refractivity contribution in [3.63, 3.8) is 0 Å². The fourth-order valence-electron chi connectivity index (χ4n) is 3.69. The Morgan fingerprint density at radius 1 is 1.10 bits per heavy atom. The van der Waals surface area contributed by atoms with Crippen LogP contribution in [0.3, 0.4) is 0 Å². The van der Waals surface area contributed by atoms with Gasteiger partial charge in [0.25, 0.3) is 6.01 Å². The summed E-state index contributed by atoms with van der Waals surface area (Å²) in [5.41, 5.74) is 1.60. The van der Waals surface area contributed by atoms with Crippen LogP contribution in [-0.2, 0) is 16.6 Å². The molecule has 2 saturated carbocycles. The minimum absolute atomic E-state index is 0.0256. The summed E-state index contributed by atoms with van der Waals surface area (Å²) < 4.78 is 19.8. The fraction of sp³-hybridized carbons (Fsp3) is 0.667. The second-order valence-electron chi connectivity index (χ2n) is 8.21. The number of aryl methyl sites for hydroxylation is 1. The number of carbonyl (C=O) groups excluding carboxylic acids is 1. The lowest BCUT2D eigenvalue weighted by Gasteiger charge is -2.29. The number of pyridine rings is 1. The Bertz CT molecular complexity index is 856. The highest BCUT2D eigenvalue weighted by Crippen LogP contribution is 2.29. The molecule has 0 saturated heterocycles. The normalized spacial score (nSPS) is 23.0. The average molecular weight is 402 g/mol. The van der Waals surface area contributed by atoms with Crippen LogP contribution in [0.25, 0.3) is 11.2 Å². The van der Waals surface area contributed by atoms with Gasteiger partial charge >= 0.3 is 0 Å². The molecular weight excluding hydrogens is 372 g/mol. The van der Waals surface area contributed by atoms with Crippen molar-refractivity contribution in [2.24, 2.45) is 7.05 Å². The maximum Gasteiger partial charge on any atom is 0.298 e. The predicted molar refractivity (Wildman–Crippen MR) is 108 cm³/mol. The molecule has 4 rings (SSSR count). The second-order valence-corrected chi connectivity index (χ2v) is 8.21. The molecule has 2 aromatic rings. The number of hydrogen-bond acceptors (Lipinski definition) is 6. The molecule has 8 heteroatoms. The molecule has 0 bridgehead atoms. The molecule has 0 spiro atoms. The summed E-state index contributed by atoms with van der Waals surface area (Å²) >= 11 is 0. The highest BCUT2D eigenvalue weighted by molar-refractivity contribution is 5.73. The van der Waals surface area contributed by atoms with E-state index >= 15 is 0 Å². The van der Waals surface area contributed by atoms with Gasteiger partial charge in [-0.25, -0.2) is 0 Å². The van der Waals surface area contributed by atoms with Crippen LogP contribution in [-0.4, -0.2) is 51.4 Å². The summed E-state index contributed by atoms with van der Waals surface area (Å²) in [6.45, 7) is 4.02. The van der Waals surface area contributed by atoms with Gasteiger partial charge in [0.05, 0.1) is 12.7 Å². The van der Waals surface area contributed by atoms with Crippen molar-refractivity contribution in [3.05, 3.63) is 12.1 Å². The van der Waals surface area contributed by atoms with E-state index in [2.05, 4.69) is 15.3 Å². The molecule has 0 aliphatic heterocycles. The lowest BCUT2D eigenvalue weighted by Crippen LogP contribution is -2.36. The highest BCUT2D eigenvalue weighted by atomic mass is 16.5. The zero-order chi connectivity index (χ0) is 20.4. The van der Waals surface area contributed by atoms with Crippen molar-refractivity contribution in [1.82, 2.24) is 19.9 Å². The minimum Gasteiger partial charge on any atom is -0.474 e. The van der Waals surface area contributed by atoms with E-state index in [1.807, 2.05) is 30.7 Å². The molecule has 0 unspecified atom stereocenters. The predicted octanol–water partition coefficient (Wildman–Crippen LogP) is 2.74. The van der Waals surface area contributed by atoms with E-state index in [1.54, 1.807) is 0 Å². The number of rotatable bonds is 8. The van der Waals surface area contributed by atoms with Gasteiger partial charge in [-0.1, -0.05) is 0 Å². The number of nitrogens with zero attached hydrogens (tertiary/aromatic N) is 3. The number of amides is 1. The number of fused-ring (bicyclic) bond motifs is 1. The highest BCUT2D eigenvalue weighted by Gasteiger charge is 2.27. The van der Waals surface area contributed by atoms with Gasteiger partial charge in [0.15, 0.2) is 5.65 Å². The quantitative estimate of drug-likeness (QED) is 0.731. The van der Waals surface area contributed by atoms with E-state index in [-0.39, 0.29) is 24.2 Å². The summed E-state index contributed by atoms with van der Waals surface area (Å²) in [5, 5.41) is 2.85. The molecule has 8 nitrogen and oxygen atoms in total. The number of carbonyl (C=O) groups is 1. The Kier molecular flexibility index (Phi) is 5.89. The standard InChI is InChI=1S/C21H30N4O4/c1-13(22-14(2)26)12-27-15-4-6-16(7-5-15)28-19-11-10-18-20(24-19)25(3)21(23-18)29-17-8-9-17/h10-11,13,15-17H,4-9,12H2,1-3H3,(H,22,26)/t13-,15?,16?/m0/s1. The third kappa shape index (κ3) is 5.18. The number of aromatic nitrogens is 3. The first kappa shape index (κ1) is 19.9. The molecule has 2 aliphatic carbocycles. The smallest absolute Gasteiger partial charge is 0.298 e. The molecule has 2 fully saturated rings. The second kappa shape index (κ2) is 8.57. The number of nitrogens with one attached hydrogen (secondary N) is 1. The van der Waals surface area contributed by atoms with Crippen molar-refractivity contribution < 1.29 is 19.0 Å². The molecule has 158 valence electrons. The lowest BCUT2D eigenvalue weighted by molar-refractivity contribution is -0.120. The van der Waals surface area contributed by atoms with Gasteiger partial charge in [-0.2, -0.15) is 9.97 Å². The lowest BCUT2D eigenvalue weighted by atomic mass is 9.95. The molecule has 29 heavy (non-hydrogen) atoms. The first-order chi connectivity index (χ1) is 14.0. The maximum absolute atomic E-state index is 11.1. The van der Waals surface area contributed by atoms with Crippen LogP contribution in [0.15, 0.2) is 12.1 Å². The molecule has 1 amide bonds. The van der Waals surface area contributed by atoms with Crippen LogP contribution >= 0.6 is 0 Å². The van der Waals surface area contributed by atoms with Crippen LogP contribution < -0.4 is 14.8 Å². The topological polar surface area (TPSA) is 87.5 Å². The number of imidazole rings is 1. The maximum atomic E-state index is 11.1. The van der Waals surface area contributed by atoms with E-state index < -0.39 is 0 Å². The van der Waals surface area contributed by atoms with Gasteiger partial charge in [-0.05, 0) is 51.5 Å². The van der Waals surface area contributed by atoms with Crippen LogP contribution in [0.2, 0.25) is 0 Å². The summed E-state index contributed by atoms with van der Waals surface area (Å²) in [6, 6.07) is 4.48. The first-order valence-electron chi connectivity index (χ1n) is 10.5. The number of ether oxygens (including phenoxy) is 3. The third-order valence-electron chi connectivity index (χ3n) is 5.39. The molecule has 0 aromatic carbocycles. The van der Waals surface area contributed by atoms with Gasteiger partial charge < -0.3 is 19.5 Å². The Balaban J connectivity index is 1.28. The van der Waals surface area contributed by atoms with Crippen LogP contribution in [0.4, 0.5) is 0 Å². The third-order valence-corrected chi connectivity index (χ3v) is 5.39. The Hall–Kier alpha value is -2.35. The molecule has 0 radical (unpaired) electrons. The van der Waals surface area contributed by atoms with E-state index in [0.29, 0.717) is 24.6 Å². The average Bonchev–Trinajstić information content (AvgIpc) is 3.45. The Labute approximate surface area is 170 Å². The van der Waals surface area contributed by atoms with E-state index in [1.165, 1.54) is 6.92 Å². The zero-order valence-electron chi connectivity index (χ0n) is 17.4. The first-order valence-corrected chi connectivity index (χ1v) is 10.5. The molecular formula is C21H30N4O4. The van der Waals surface area contributed by atoms with E-state index in [0.717, 1.165) is 49.7 Å². The molecule has 2 heterocycles. The van der Waals surface area contributed by atoms with Crippen LogP contribution in [0.5, 0.6) is 11.9 Å². The van der Waals surface area contributed by atoms with Crippen molar-refractivity contribution >= 4 is 17.1 Å². The largest absolute Gasteiger partial charge is 0.474 e. The number of hydrogen-bond donors (Lipinski definition) is 1. The minimum atomic E-state index is -0.0256. The van der Waals surface area contributed by atoms with Crippen LogP contribution in [0, 0.1) is 0 Å². The molecule has 2 aromatic heterocycles. The molecule has 2 aliphatic rings. The van der Waals surface area contributed by atoms with Crippen molar-refractivity contribution in [1.29, 1.82) is 0 Å². The summed E-state index contributed by atoms with van der Waals surface area (Å²) in [4.78, 5) is 20.2. The Morgan fingerprint density at radius 2 is 1.76 bits per heavy atom.